The third-order valence-electron chi connectivity index (χ3n) is 3.64. The Morgan fingerprint density at radius 1 is 1.26 bits per heavy atom. The van der Waals surface area contributed by atoms with Crippen LogP contribution in [0.2, 0.25) is 5.02 Å². The molecular formula is C17H16ClN3O4S2. The van der Waals surface area contributed by atoms with Crippen molar-refractivity contribution in [3.8, 4) is 5.75 Å². The first-order valence-electron chi connectivity index (χ1n) is 7.75. The van der Waals surface area contributed by atoms with Crippen molar-refractivity contribution < 1.29 is 17.9 Å². The SMILES string of the molecule is COc1ccc(Cl)cc1S(=O)(=O)Nc1cc(C)c2nc(NC(C)=O)sc2c1. The molecule has 0 aliphatic carbocycles. The monoisotopic (exact) mass is 425 g/mol. The molecular weight excluding hydrogens is 410 g/mol. The summed E-state index contributed by atoms with van der Waals surface area (Å²) in [7, 11) is -2.53. The normalized spacial score (nSPS) is 11.4. The molecule has 0 atom stereocenters. The molecule has 10 heteroatoms. The average Bonchev–Trinajstić information content (AvgIpc) is 2.96. The molecule has 0 radical (unpaired) electrons. The van der Waals surface area contributed by atoms with E-state index >= 15 is 0 Å². The van der Waals surface area contributed by atoms with Crippen molar-refractivity contribution in [2.24, 2.45) is 0 Å². The summed E-state index contributed by atoms with van der Waals surface area (Å²) in [5.41, 5.74) is 1.85. The summed E-state index contributed by atoms with van der Waals surface area (Å²) in [6, 6.07) is 7.72. The highest BCUT2D eigenvalue weighted by atomic mass is 35.5. The van der Waals surface area contributed by atoms with Crippen LogP contribution in [0.25, 0.3) is 10.2 Å². The first kappa shape index (κ1) is 19.4. The van der Waals surface area contributed by atoms with E-state index in [0.717, 1.165) is 10.3 Å². The smallest absolute Gasteiger partial charge is 0.265 e. The van der Waals surface area contributed by atoms with Crippen LogP contribution in [0.5, 0.6) is 5.75 Å². The second-order valence-corrected chi connectivity index (χ2v) is 8.86. The highest BCUT2D eigenvalue weighted by molar-refractivity contribution is 7.92. The molecule has 0 aliphatic heterocycles. The summed E-state index contributed by atoms with van der Waals surface area (Å²) in [4.78, 5) is 15.5. The molecule has 3 rings (SSSR count). The van der Waals surface area contributed by atoms with Gasteiger partial charge in [-0.1, -0.05) is 22.9 Å². The van der Waals surface area contributed by atoms with Gasteiger partial charge >= 0.3 is 0 Å². The molecule has 1 heterocycles. The van der Waals surface area contributed by atoms with Crippen LogP contribution >= 0.6 is 22.9 Å². The van der Waals surface area contributed by atoms with Crippen molar-refractivity contribution in [2.45, 2.75) is 18.7 Å². The molecule has 7 nitrogen and oxygen atoms in total. The van der Waals surface area contributed by atoms with Crippen molar-refractivity contribution in [3.63, 3.8) is 0 Å². The third kappa shape index (κ3) is 4.15. The first-order valence-corrected chi connectivity index (χ1v) is 10.4. The Labute approximate surface area is 165 Å². The molecule has 27 heavy (non-hydrogen) atoms. The Bertz CT molecular complexity index is 1140. The maximum absolute atomic E-state index is 12.8. The van der Waals surface area contributed by atoms with Gasteiger partial charge in [0.25, 0.3) is 10.0 Å². The quantitative estimate of drug-likeness (QED) is 0.643. The topological polar surface area (TPSA) is 97.4 Å². The number of nitrogens with zero attached hydrogens (tertiary/aromatic N) is 1. The number of ether oxygens (including phenoxy) is 1. The zero-order valence-electron chi connectivity index (χ0n) is 14.7. The van der Waals surface area contributed by atoms with Crippen molar-refractivity contribution in [3.05, 3.63) is 40.9 Å². The van der Waals surface area contributed by atoms with Crippen molar-refractivity contribution in [1.82, 2.24) is 4.98 Å². The van der Waals surface area contributed by atoms with Gasteiger partial charge in [0.2, 0.25) is 5.91 Å². The van der Waals surface area contributed by atoms with E-state index in [9.17, 15) is 13.2 Å². The number of halogens is 1. The minimum Gasteiger partial charge on any atom is -0.495 e. The summed E-state index contributed by atoms with van der Waals surface area (Å²) < 4.78 is 34.0. The number of aryl methyl sites for hydroxylation is 1. The summed E-state index contributed by atoms with van der Waals surface area (Å²) >= 11 is 7.20. The lowest BCUT2D eigenvalue weighted by molar-refractivity contribution is -0.114. The van der Waals surface area contributed by atoms with E-state index in [1.165, 1.54) is 37.5 Å². The molecule has 0 saturated heterocycles. The van der Waals surface area contributed by atoms with Gasteiger partial charge in [0.1, 0.15) is 10.6 Å². The van der Waals surface area contributed by atoms with Gasteiger partial charge in [0.15, 0.2) is 5.13 Å². The number of rotatable bonds is 5. The summed E-state index contributed by atoms with van der Waals surface area (Å²) in [6.07, 6.45) is 0. The Kier molecular flexibility index (Phi) is 5.27. The first-order chi connectivity index (χ1) is 12.7. The number of methoxy groups -OCH3 is 1. The maximum atomic E-state index is 12.8. The van der Waals surface area contributed by atoms with Gasteiger partial charge in [0.05, 0.1) is 23.0 Å². The van der Waals surface area contributed by atoms with E-state index in [2.05, 4.69) is 15.0 Å². The maximum Gasteiger partial charge on any atom is 0.265 e. The fraction of sp³-hybridized carbons (Fsp3) is 0.176. The van der Waals surface area contributed by atoms with Gasteiger partial charge in [-0.2, -0.15) is 0 Å². The molecule has 1 amide bonds. The molecule has 0 bridgehead atoms. The Morgan fingerprint density at radius 2 is 2.00 bits per heavy atom. The average molecular weight is 426 g/mol. The van der Waals surface area contributed by atoms with Gasteiger partial charge in [-0.25, -0.2) is 13.4 Å². The number of carbonyl (C=O) groups is 1. The number of fused-ring (bicyclic) bond motifs is 1. The van der Waals surface area contributed by atoms with E-state index in [4.69, 9.17) is 16.3 Å². The highest BCUT2D eigenvalue weighted by Gasteiger charge is 2.21. The summed E-state index contributed by atoms with van der Waals surface area (Å²) in [5.74, 6) is -0.0314. The van der Waals surface area contributed by atoms with Crippen molar-refractivity contribution >= 4 is 59.9 Å². The third-order valence-corrected chi connectivity index (χ3v) is 6.19. The number of benzene rings is 2. The van der Waals surface area contributed by atoms with Crippen LogP contribution in [0.15, 0.2) is 35.2 Å². The number of hydrogen-bond donors (Lipinski definition) is 2. The number of anilines is 2. The number of amides is 1. The van der Waals surface area contributed by atoms with Crippen LogP contribution in [0.1, 0.15) is 12.5 Å². The van der Waals surface area contributed by atoms with Gasteiger partial charge in [0, 0.05) is 11.9 Å². The molecule has 142 valence electrons. The van der Waals surface area contributed by atoms with Crippen molar-refractivity contribution in [2.75, 3.05) is 17.1 Å². The molecule has 0 fully saturated rings. The van der Waals surface area contributed by atoms with Crippen LogP contribution in [-0.2, 0) is 14.8 Å². The minimum absolute atomic E-state index is 0.0570. The second kappa shape index (κ2) is 7.34. The summed E-state index contributed by atoms with van der Waals surface area (Å²) in [5, 5.41) is 3.37. The number of sulfonamides is 1. The molecule has 3 aromatic rings. The Hall–Kier alpha value is -2.36. The standard InChI is InChI=1S/C17H16ClN3O4S2/c1-9-6-12(8-14-16(9)20-17(26-14)19-10(2)22)21-27(23,24)15-7-11(18)4-5-13(15)25-3/h4-8,21H,1-3H3,(H,19,20,22). The van der Waals surface area contributed by atoms with E-state index in [-0.39, 0.29) is 21.6 Å². The predicted molar refractivity (Wildman–Crippen MR) is 107 cm³/mol. The molecule has 2 N–H and O–H groups in total. The molecule has 1 aromatic heterocycles. The molecule has 0 unspecified atom stereocenters. The van der Waals surface area contributed by atoms with Gasteiger partial charge < -0.3 is 10.1 Å². The molecule has 0 aliphatic rings. The Balaban J connectivity index is 2.01. The number of nitrogens with one attached hydrogen (secondary N) is 2. The summed E-state index contributed by atoms with van der Waals surface area (Å²) in [6.45, 7) is 3.22. The zero-order valence-corrected chi connectivity index (χ0v) is 17.1. The van der Waals surface area contributed by atoms with Crippen LogP contribution in [0.3, 0.4) is 0 Å². The fourth-order valence-corrected chi connectivity index (χ4v) is 5.03. The van der Waals surface area contributed by atoms with Crippen LogP contribution in [-0.4, -0.2) is 26.4 Å². The minimum atomic E-state index is -3.92. The number of carbonyl (C=O) groups excluding carboxylic acids is 1. The largest absolute Gasteiger partial charge is 0.495 e. The lowest BCUT2D eigenvalue weighted by Crippen LogP contribution is -2.14. The van der Waals surface area contributed by atoms with Gasteiger partial charge in [-0.15, -0.1) is 0 Å². The van der Waals surface area contributed by atoms with E-state index in [0.29, 0.717) is 16.3 Å². The predicted octanol–water partition coefficient (Wildman–Crippen LogP) is 4.03. The highest BCUT2D eigenvalue weighted by Crippen LogP contribution is 2.33. The molecule has 0 spiro atoms. The molecule has 0 saturated carbocycles. The van der Waals surface area contributed by atoms with E-state index < -0.39 is 10.0 Å². The number of aromatic nitrogens is 1. The number of thiazole rings is 1. The second-order valence-electron chi connectivity index (χ2n) is 5.74. The Morgan fingerprint density at radius 3 is 2.67 bits per heavy atom. The van der Waals surface area contributed by atoms with E-state index in [1.807, 2.05) is 6.92 Å². The van der Waals surface area contributed by atoms with E-state index in [1.54, 1.807) is 18.2 Å². The van der Waals surface area contributed by atoms with Gasteiger partial charge in [-0.05, 0) is 42.8 Å². The van der Waals surface area contributed by atoms with Gasteiger partial charge in [-0.3, -0.25) is 9.52 Å². The lowest BCUT2D eigenvalue weighted by atomic mass is 10.2. The van der Waals surface area contributed by atoms with Crippen LogP contribution in [0.4, 0.5) is 10.8 Å². The van der Waals surface area contributed by atoms with Crippen LogP contribution in [0, 0.1) is 6.92 Å². The zero-order chi connectivity index (χ0) is 19.8. The lowest BCUT2D eigenvalue weighted by Gasteiger charge is -2.12. The van der Waals surface area contributed by atoms with Crippen LogP contribution < -0.4 is 14.8 Å². The van der Waals surface area contributed by atoms with Crippen molar-refractivity contribution in [1.29, 1.82) is 0 Å². The number of hydrogen-bond acceptors (Lipinski definition) is 6. The molecule has 2 aromatic carbocycles. The fourth-order valence-electron chi connectivity index (χ4n) is 2.53.